The van der Waals surface area contributed by atoms with Gasteiger partial charge in [-0.1, -0.05) is 158 Å². The van der Waals surface area contributed by atoms with Crippen LogP contribution in [0.15, 0.2) is 231 Å². The molecule has 282 valence electrons. The number of hydrogen-bond donors (Lipinski definition) is 0. The molecule has 0 unspecified atom stereocenters. The van der Waals surface area contributed by atoms with E-state index >= 15 is 0 Å². The van der Waals surface area contributed by atoms with Gasteiger partial charge in [0.2, 0.25) is 0 Å². The van der Waals surface area contributed by atoms with Gasteiger partial charge < -0.3 is 9.47 Å². The highest BCUT2D eigenvalue weighted by Crippen LogP contribution is 2.53. The van der Waals surface area contributed by atoms with E-state index in [0.29, 0.717) is 0 Å². The van der Waals surface area contributed by atoms with Crippen LogP contribution in [0.4, 0.5) is 17.1 Å². The number of benzene rings is 9. The summed E-state index contributed by atoms with van der Waals surface area (Å²) >= 11 is 0. The molecular weight excluding hydrogens is 729 g/mol. The molecule has 4 nitrogen and oxygen atoms in total. The Morgan fingerprint density at radius 1 is 0.383 bits per heavy atom. The molecule has 3 heterocycles. The Morgan fingerprint density at radius 3 is 1.52 bits per heavy atom. The van der Waals surface area contributed by atoms with Crippen molar-refractivity contribution in [3.63, 3.8) is 0 Å². The van der Waals surface area contributed by atoms with Gasteiger partial charge in [0.25, 0.3) is 0 Å². The summed E-state index contributed by atoms with van der Waals surface area (Å²) in [5.74, 6) is 1.00. The maximum absolute atomic E-state index is 5.64. The fourth-order valence-corrected chi connectivity index (χ4v) is 9.75. The molecule has 0 radical (unpaired) electrons. The Morgan fingerprint density at radius 2 is 0.883 bits per heavy atom. The highest BCUT2D eigenvalue weighted by atomic mass is 15.2. The summed E-state index contributed by atoms with van der Waals surface area (Å²) in [5.41, 5.74) is 15.3. The topological polar surface area (TPSA) is 26.0 Å². The van der Waals surface area contributed by atoms with Crippen LogP contribution in [-0.4, -0.2) is 14.1 Å². The number of hydrogen-bond acceptors (Lipinski definition) is 2. The zero-order valence-electron chi connectivity index (χ0n) is 32.7. The number of aromatic nitrogens is 3. The second-order valence-electron chi connectivity index (χ2n) is 15.6. The van der Waals surface area contributed by atoms with Crippen LogP contribution in [0.25, 0.3) is 55.3 Å². The highest BCUT2D eigenvalue weighted by molar-refractivity contribution is 6.09. The minimum absolute atomic E-state index is 0.589. The van der Waals surface area contributed by atoms with E-state index in [1.54, 1.807) is 0 Å². The molecule has 12 rings (SSSR count). The van der Waals surface area contributed by atoms with E-state index in [0.717, 1.165) is 45.3 Å². The lowest BCUT2D eigenvalue weighted by Crippen LogP contribution is -2.29. The van der Waals surface area contributed by atoms with Crippen molar-refractivity contribution in [3.05, 3.63) is 253 Å². The highest BCUT2D eigenvalue weighted by Gasteiger charge is 2.49. The molecule has 2 aromatic heterocycles. The second kappa shape index (κ2) is 13.6. The van der Waals surface area contributed by atoms with Gasteiger partial charge in [-0.3, -0.25) is 4.57 Å². The molecule has 0 spiro atoms. The third-order valence-corrected chi connectivity index (χ3v) is 12.4. The molecule has 4 heteroatoms. The van der Waals surface area contributed by atoms with Crippen molar-refractivity contribution >= 4 is 49.9 Å². The molecule has 0 amide bonds. The molecule has 0 saturated carbocycles. The Kier molecular flexibility index (Phi) is 7.72. The maximum atomic E-state index is 5.64. The minimum Gasteiger partial charge on any atom is -0.310 e. The number of imidazole rings is 1. The van der Waals surface area contributed by atoms with Crippen LogP contribution in [-0.2, 0) is 5.41 Å². The summed E-state index contributed by atoms with van der Waals surface area (Å²) in [6.45, 7) is 0. The summed E-state index contributed by atoms with van der Waals surface area (Å²) in [5, 5.41) is 2.51. The van der Waals surface area contributed by atoms with Gasteiger partial charge in [-0.2, -0.15) is 0 Å². The van der Waals surface area contributed by atoms with E-state index < -0.39 is 5.41 Å². The molecule has 0 saturated heterocycles. The average Bonchev–Trinajstić information content (AvgIpc) is 3.96. The van der Waals surface area contributed by atoms with Crippen LogP contribution in [0.5, 0.6) is 0 Å². The first kappa shape index (κ1) is 34.1. The number of rotatable bonds is 7. The van der Waals surface area contributed by atoms with Crippen LogP contribution in [0.1, 0.15) is 22.5 Å². The Labute approximate surface area is 348 Å². The van der Waals surface area contributed by atoms with Crippen molar-refractivity contribution in [1.29, 1.82) is 0 Å². The van der Waals surface area contributed by atoms with Crippen molar-refractivity contribution in [3.8, 4) is 22.5 Å². The molecule has 1 aliphatic rings. The van der Waals surface area contributed by atoms with E-state index in [-0.39, 0.29) is 0 Å². The first-order valence-corrected chi connectivity index (χ1v) is 20.6. The zero-order valence-corrected chi connectivity index (χ0v) is 32.7. The number of anilines is 3. The van der Waals surface area contributed by atoms with Crippen LogP contribution in [0.2, 0.25) is 0 Å². The molecule has 0 aliphatic carbocycles. The molecule has 1 aliphatic heterocycles. The fraction of sp³-hybridized carbons (Fsp3) is 0.0179. The van der Waals surface area contributed by atoms with Crippen molar-refractivity contribution < 1.29 is 0 Å². The average molecular weight is 767 g/mol. The van der Waals surface area contributed by atoms with Crippen LogP contribution >= 0.6 is 0 Å². The van der Waals surface area contributed by atoms with E-state index in [9.17, 15) is 0 Å². The summed E-state index contributed by atoms with van der Waals surface area (Å²) in [4.78, 5) is 7.99. The van der Waals surface area contributed by atoms with Gasteiger partial charge in [0.1, 0.15) is 11.2 Å². The molecule has 0 bridgehead atoms. The quantitative estimate of drug-likeness (QED) is 0.161. The second-order valence-corrected chi connectivity index (χ2v) is 15.6. The van der Waals surface area contributed by atoms with E-state index in [1.165, 1.54) is 49.6 Å². The maximum Gasteiger partial charge on any atom is 0.134 e. The van der Waals surface area contributed by atoms with Crippen molar-refractivity contribution in [2.45, 2.75) is 5.41 Å². The molecule has 60 heavy (non-hydrogen) atoms. The third kappa shape index (κ3) is 5.07. The number of nitrogens with zero attached hydrogens (tertiary/aromatic N) is 4. The number of para-hydroxylation sites is 3. The number of fused-ring (bicyclic) bond motifs is 8. The van der Waals surface area contributed by atoms with Gasteiger partial charge in [-0.05, 0) is 101 Å². The smallest absolute Gasteiger partial charge is 0.134 e. The monoisotopic (exact) mass is 766 g/mol. The molecule has 0 atom stereocenters. The summed E-state index contributed by atoms with van der Waals surface area (Å²) in [7, 11) is 0. The molecular formula is C56H38N4. The van der Waals surface area contributed by atoms with Crippen LogP contribution < -0.4 is 4.90 Å². The van der Waals surface area contributed by atoms with Gasteiger partial charge >= 0.3 is 0 Å². The molecule has 11 aromatic rings. The lowest BCUT2D eigenvalue weighted by molar-refractivity contribution is 0.718. The molecule has 9 aromatic carbocycles. The summed E-state index contributed by atoms with van der Waals surface area (Å²) in [6.07, 6.45) is 0. The Balaban J connectivity index is 1.04. The van der Waals surface area contributed by atoms with Crippen LogP contribution in [0, 0.1) is 0 Å². The lowest BCUT2D eigenvalue weighted by atomic mass is 9.70. The predicted molar refractivity (Wildman–Crippen MR) is 247 cm³/mol. The van der Waals surface area contributed by atoms with Crippen molar-refractivity contribution in [2.75, 3.05) is 4.90 Å². The largest absolute Gasteiger partial charge is 0.310 e. The minimum atomic E-state index is -0.589. The van der Waals surface area contributed by atoms with Gasteiger partial charge in [-0.25, -0.2) is 4.98 Å². The molecule has 0 fully saturated rings. The van der Waals surface area contributed by atoms with E-state index in [4.69, 9.17) is 4.98 Å². The lowest BCUT2D eigenvalue weighted by Gasteiger charge is -2.30. The van der Waals surface area contributed by atoms with E-state index in [1.807, 2.05) is 0 Å². The van der Waals surface area contributed by atoms with E-state index in [2.05, 4.69) is 245 Å². The summed E-state index contributed by atoms with van der Waals surface area (Å²) in [6, 6.07) is 83.1. The van der Waals surface area contributed by atoms with Gasteiger partial charge in [0.15, 0.2) is 0 Å². The Bertz CT molecular complexity index is 3250. The molecule has 0 N–H and O–H groups in total. The van der Waals surface area contributed by atoms with Gasteiger partial charge in [-0.15, -0.1) is 0 Å². The van der Waals surface area contributed by atoms with Crippen LogP contribution in [0.3, 0.4) is 0 Å². The predicted octanol–water partition coefficient (Wildman–Crippen LogP) is 14.0. The third-order valence-electron chi connectivity index (χ3n) is 12.4. The zero-order chi connectivity index (χ0) is 39.6. The standard InChI is InChI=1S/C56H38N4/c1-4-16-39(17-5-1)40-28-30-43(31-29-40)58(44-32-34-45(35-33-44)59-51-25-13-10-22-47(51)48-23-11-14-26-52(48)59)46-36-37-54-50(38-46)57-55-56(41-18-6-2-7-19-41,42-20-8-3-9-21-42)49-24-12-15-27-53(49)60(54)55/h1-38H. The Hall–Kier alpha value is -7.95. The van der Waals surface area contributed by atoms with Crippen molar-refractivity contribution in [2.24, 2.45) is 0 Å². The normalized spacial score (nSPS) is 12.8. The first-order chi connectivity index (χ1) is 29.8. The van der Waals surface area contributed by atoms with Gasteiger partial charge in [0, 0.05) is 33.5 Å². The van der Waals surface area contributed by atoms with Gasteiger partial charge in [0.05, 0.1) is 27.8 Å². The first-order valence-electron chi connectivity index (χ1n) is 20.6. The fourth-order valence-electron chi connectivity index (χ4n) is 9.75. The van der Waals surface area contributed by atoms with Crippen molar-refractivity contribution in [1.82, 2.24) is 14.1 Å². The summed E-state index contributed by atoms with van der Waals surface area (Å²) < 4.78 is 4.75. The SMILES string of the molecule is c1ccc(-c2ccc(N(c3ccc(-n4c5ccccc5c5ccccc54)cc3)c3ccc4c(c3)nc3n4-c4ccccc4C3(c3ccccc3)c3ccccc3)cc2)cc1.